The van der Waals surface area contributed by atoms with E-state index in [1.54, 1.807) is 19.4 Å². The Hall–Kier alpha value is -2.74. The summed E-state index contributed by atoms with van der Waals surface area (Å²) >= 11 is 1.47. The number of hydrogen-bond acceptors (Lipinski definition) is 6. The predicted molar refractivity (Wildman–Crippen MR) is 118 cm³/mol. The van der Waals surface area contributed by atoms with Gasteiger partial charge in [0.05, 0.1) is 25.1 Å². The van der Waals surface area contributed by atoms with E-state index in [1.165, 1.54) is 31.0 Å². The zero-order chi connectivity index (χ0) is 20.8. The minimum atomic E-state index is 0.0687. The minimum Gasteiger partial charge on any atom is -0.497 e. The normalized spacial score (nSPS) is 14.6. The predicted octanol–water partition coefficient (Wildman–Crippen LogP) is 4.71. The number of rotatable bonds is 9. The molecule has 3 aromatic rings. The maximum Gasteiger partial charge on any atom is 0.191 e. The molecule has 0 saturated heterocycles. The Kier molecular flexibility index (Phi) is 6.74. The number of H-pyrrole nitrogens is 1. The highest BCUT2D eigenvalue weighted by Crippen LogP contribution is 2.33. The maximum atomic E-state index is 12.4. The Balaban J connectivity index is 1.50. The van der Waals surface area contributed by atoms with Crippen LogP contribution in [0.3, 0.4) is 0 Å². The van der Waals surface area contributed by atoms with Gasteiger partial charge in [0, 0.05) is 24.0 Å². The van der Waals surface area contributed by atoms with Crippen molar-refractivity contribution in [3.05, 3.63) is 54.1 Å². The second-order valence-electron chi connectivity index (χ2n) is 7.44. The summed E-state index contributed by atoms with van der Waals surface area (Å²) in [6.45, 7) is 0.571. The number of Topliss-reactive ketones (excluding diaryl/α,β-unsaturated/α-hetero) is 1. The van der Waals surface area contributed by atoms with Gasteiger partial charge in [0.1, 0.15) is 5.75 Å². The third-order valence-corrected chi connectivity index (χ3v) is 6.37. The summed E-state index contributed by atoms with van der Waals surface area (Å²) in [4.78, 5) is 15.4. The first-order valence-corrected chi connectivity index (χ1v) is 11.3. The molecule has 1 fully saturated rings. The molecule has 0 spiro atoms. The summed E-state index contributed by atoms with van der Waals surface area (Å²) in [5.74, 6) is 2.13. The topological polar surface area (TPSA) is 84.8 Å². The molecule has 2 N–H and O–H groups in total. The molecule has 0 aliphatic heterocycles. The number of methoxy groups -OCH3 is 1. The van der Waals surface area contributed by atoms with Gasteiger partial charge in [-0.1, -0.05) is 37.1 Å². The average Bonchev–Trinajstić information content (AvgIpc) is 3.47. The zero-order valence-electron chi connectivity index (χ0n) is 17.1. The van der Waals surface area contributed by atoms with E-state index >= 15 is 0 Å². The summed E-state index contributed by atoms with van der Waals surface area (Å²) in [5.41, 5.74) is 1.61. The molecule has 0 bridgehead atoms. The molecule has 1 aliphatic carbocycles. The summed E-state index contributed by atoms with van der Waals surface area (Å²) < 4.78 is 7.55. The third-order valence-electron chi connectivity index (χ3n) is 5.43. The molecule has 0 amide bonds. The smallest absolute Gasteiger partial charge is 0.191 e. The number of nitrogens with zero attached hydrogens (tertiary/aromatic N) is 3. The zero-order valence-corrected chi connectivity index (χ0v) is 18.0. The van der Waals surface area contributed by atoms with Crippen LogP contribution in [0.1, 0.15) is 54.5 Å². The van der Waals surface area contributed by atoms with E-state index in [2.05, 4.69) is 25.1 Å². The Morgan fingerprint density at radius 1 is 1.23 bits per heavy atom. The molecule has 4 rings (SSSR count). The van der Waals surface area contributed by atoms with Crippen LogP contribution in [0.15, 0.2) is 47.8 Å². The van der Waals surface area contributed by atoms with Gasteiger partial charge in [-0.05, 0) is 37.1 Å². The molecule has 8 heteroatoms. The first-order valence-electron chi connectivity index (χ1n) is 10.4. The SMILES string of the molecule is COc1cccc(NCc2nnc(SCC(=O)c3ccc[nH]3)n2C2CCCCC2)c1. The molecule has 1 aliphatic rings. The van der Waals surface area contributed by atoms with Gasteiger partial charge in [0.2, 0.25) is 0 Å². The number of carbonyl (C=O) groups is 1. The van der Waals surface area contributed by atoms with Crippen molar-refractivity contribution < 1.29 is 9.53 Å². The van der Waals surface area contributed by atoms with Crippen LogP contribution in [0.4, 0.5) is 5.69 Å². The van der Waals surface area contributed by atoms with Gasteiger partial charge in [-0.25, -0.2) is 0 Å². The monoisotopic (exact) mass is 425 g/mol. The van der Waals surface area contributed by atoms with Gasteiger partial charge >= 0.3 is 0 Å². The van der Waals surface area contributed by atoms with Crippen LogP contribution in [0.5, 0.6) is 5.75 Å². The van der Waals surface area contributed by atoms with Crippen LogP contribution in [-0.2, 0) is 6.54 Å². The highest BCUT2D eigenvalue weighted by atomic mass is 32.2. The number of anilines is 1. The molecule has 7 nitrogen and oxygen atoms in total. The summed E-state index contributed by atoms with van der Waals surface area (Å²) in [6.07, 6.45) is 7.74. The first kappa shape index (κ1) is 20.5. The lowest BCUT2D eigenvalue weighted by Gasteiger charge is -2.25. The Morgan fingerprint density at radius 3 is 2.87 bits per heavy atom. The van der Waals surface area contributed by atoms with Gasteiger partial charge in [0.15, 0.2) is 16.8 Å². The lowest BCUT2D eigenvalue weighted by molar-refractivity contribution is 0.101. The van der Waals surface area contributed by atoms with Crippen LogP contribution in [0.2, 0.25) is 0 Å². The van der Waals surface area contributed by atoms with Gasteiger partial charge in [-0.3, -0.25) is 4.79 Å². The van der Waals surface area contributed by atoms with E-state index in [4.69, 9.17) is 4.74 Å². The van der Waals surface area contributed by atoms with Crippen molar-refractivity contribution in [2.75, 3.05) is 18.2 Å². The fourth-order valence-electron chi connectivity index (χ4n) is 3.86. The largest absolute Gasteiger partial charge is 0.497 e. The summed E-state index contributed by atoms with van der Waals surface area (Å²) in [5, 5.41) is 13.2. The lowest BCUT2D eigenvalue weighted by atomic mass is 9.95. The molecule has 2 heterocycles. The number of aromatic nitrogens is 4. The molecule has 0 atom stereocenters. The van der Waals surface area contributed by atoms with Crippen molar-refractivity contribution in [3.63, 3.8) is 0 Å². The molecular formula is C22H27N5O2S. The van der Waals surface area contributed by atoms with Gasteiger partial charge in [-0.2, -0.15) is 0 Å². The highest BCUT2D eigenvalue weighted by Gasteiger charge is 2.23. The maximum absolute atomic E-state index is 12.4. The second-order valence-corrected chi connectivity index (χ2v) is 8.38. The van der Waals surface area contributed by atoms with E-state index in [9.17, 15) is 4.79 Å². The minimum absolute atomic E-state index is 0.0687. The Labute approximate surface area is 180 Å². The number of ether oxygens (including phenoxy) is 1. The molecule has 2 aromatic heterocycles. The number of nitrogens with one attached hydrogen (secondary N) is 2. The van der Waals surface area contributed by atoms with Crippen LogP contribution in [0, 0.1) is 0 Å². The molecular weight excluding hydrogens is 398 g/mol. The van der Waals surface area contributed by atoms with Gasteiger partial charge < -0.3 is 19.6 Å². The lowest BCUT2D eigenvalue weighted by Crippen LogP contribution is -2.18. The number of carbonyl (C=O) groups excluding carboxylic acids is 1. The quantitative estimate of drug-likeness (QED) is 0.382. The molecule has 1 saturated carbocycles. The van der Waals surface area contributed by atoms with Crippen LogP contribution < -0.4 is 10.1 Å². The van der Waals surface area contributed by atoms with E-state index in [1.807, 2.05) is 30.3 Å². The first-order chi connectivity index (χ1) is 14.7. The van der Waals surface area contributed by atoms with Gasteiger partial charge in [0.25, 0.3) is 0 Å². The van der Waals surface area contributed by atoms with Crippen molar-refractivity contribution in [2.45, 2.75) is 49.8 Å². The molecule has 30 heavy (non-hydrogen) atoms. The molecule has 0 unspecified atom stereocenters. The number of hydrogen-bond donors (Lipinski definition) is 2. The number of benzene rings is 1. The Bertz CT molecular complexity index is 964. The van der Waals surface area contributed by atoms with Crippen LogP contribution in [0.25, 0.3) is 0 Å². The standard InChI is InChI=1S/C22H27N5O2S/c1-29-18-10-5-7-16(13-18)24-14-21-25-26-22(27(21)17-8-3-2-4-9-17)30-15-20(28)19-11-6-12-23-19/h5-7,10-13,17,23-24H,2-4,8-9,14-15H2,1H3. The fourth-order valence-corrected chi connectivity index (χ4v) is 4.77. The molecule has 158 valence electrons. The van der Waals surface area contributed by atoms with Crippen molar-refractivity contribution >= 4 is 23.2 Å². The van der Waals surface area contributed by atoms with Crippen LogP contribution >= 0.6 is 11.8 Å². The third kappa shape index (κ3) is 4.87. The molecule has 1 aromatic carbocycles. The second kappa shape index (κ2) is 9.84. The fraction of sp³-hybridized carbons (Fsp3) is 0.409. The molecule has 0 radical (unpaired) electrons. The van der Waals surface area contributed by atoms with Gasteiger partial charge in [-0.15, -0.1) is 10.2 Å². The van der Waals surface area contributed by atoms with Crippen molar-refractivity contribution in [3.8, 4) is 5.75 Å². The Morgan fingerprint density at radius 2 is 2.10 bits per heavy atom. The van der Waals surface area contributed by atoms with Crippen molar-refractivity contribution in [1.29, 1.82) is 0 Å². The van der Waals surface area contributed by atoms with Crippen molar-refractivity contribution in [1.82, 2.24) is 19.7 Å². The van der Waals surface area contributed by atoms with E-state index in [-0.39, 0.29) is 5.78 Å². The highest BCUT2D eigenvalue weighted by molar-refractivity contribution is 7.99. The summed E-state index contributed by atoms with van der Waals surface area (Å²) in [7, 11) is 1.66. The van der Waals surface area contributed by atoms with E-state index in [0.717, 1.165) is 35.3 Å². The van der Waals surface area contributed by atoms with Crippen LogP contribution in [-0.4, -0.2) is 38.4 Å². The van der Waals surface area contributed by atoms with E-state index < -0.39 is 0 Å². The number of ketones is 1. The number of aromatic amines is 1. The number of thioether (sulfide) groups is 1. The summed E-state index contributed by atoms with van der Waals surface area (Å²) in [6, 6.07) is 11.9. The van der Waals surface area contributed by atoms with Crippen molar-refractivity contribution in [2.24, 2.45) is 0 Å². The van der Waals surface area contributed by atoms with E-state index in [0.29, 0.717) is 24.0 Å². The average molecular weight is 426 g/mol.